The third kappa shape index (κ3) is 6.88. The quantitative estimate of drug-likeness (QED) is 0.517. The fourth-order valence-electron chi connectivity index (χ4n) is 1.69. The van der Waals surface area contributed by atoms with Crippen LogP contribution in [0.4, 0.5) is 0 Å². The van der Waals surface area contributed by atoms with E-state index < -0.39 is 11.7 Å². The third-order valence-corrected chi connectivity index (χ3v) is 2.91. The van der Waals surface area contributed by atoms with Crippen LogP contribution in [0, 0.1) is 0 Å². The van der Waals surface area contributed by atoms with Crippen molar-refractivity contribution >= 4 is 0 Å². The molecule has 0 aromatic carbocycles. The molecule has 2 unspecified atom stereocenters. The molecule has 0 aliphatic rings. The number of hydrogen-bond acceptors (Lipinski definition) is 3. The zero-order valence-electron chi connectivity index (χ0n) is 10.1. The van der Waals surface area contributed by atoms with Crippen LogP contribution >= 0.6 is 0 Å². The fourth-order valence-corrected chi connectivity index (χ4v) is 1.69. The molecular formula is C12H26O3. The standard InChI is InChI=1S/C12H26O3/c1-3-4-5-6-7-9-12(2,15)11(14)8-10-13/h11,13-15H,3-10H2,1-2H3. The maximum absolute atomic E-state index is 9.91. The molecule has 3 N–H and O–H groups in total. The molecule has 92 valence electrons. The van der Waals surface area contributed by atoms with Gasteiger partial charge in [-0.1, -0.05) is 39.0 Å². The predicted octanol–water partition coefficient (Wildman–Crippen LogP) is 1.84. The Kier molecular flexibility index (Phi) is 8.02. The minimum absolute atomic E-state index is 0.0762. The summed E-state index contributed by atoms with van der Waals surface area (Å²) in [6.45, 7) is 3.74. The summed E-state index contributed by atoms with van der Waals surface area (Å²) in [6, 6.07) is 0. The molecule has 0 radical (unpaired) electrons. The van der Waals surface area contributed by atoms with E-state index in [1.165, 1.54) is 19.3 Å². The minimum atomic E-state index is -1.05. The Balaban J connectivity index is 3.63. The van der Waals surface area contributed by atoms with Gasteiger partial charge in [0.15, 0.2) is 0 Å². The summed E-state index contributed by atoms with van der Waals surface area (Å²) in [6.07, 6.45) is 5.74. The molecule has 3 heteroatoms. The summed E-state index contributed by atoms with van der Waals surface area (Å²) < 4.78 is 0. The Labute approximate surface area is 93.1 Å². The van der Waals surface area contributed by atoms with Crippen LogP contribution in [0.15, 0.2) is 0 Å². The maximum atomic E-state index is 9.91. The van der Waals surface area contributed by atoms with E-state index in [-0.39, 0.29) is 13.0 Å². The molecule has 0 rings (SSSR count). The van der Waals surface area contributed by atoms with E-state index in [4.69, 9.17) is 5.11 Å². The summed E-state index contributed by atoms with van der Waals surface area (Å²) >= 11 is 0. The molecule has 0 saturated carbocycles. The molecule has 15 heavy (non-hydrogen) atoms. The molecule has 0 fully saturated rings. The van der Waals surface area contributed by atoms with Gasteiger partial charge >= 0.3 is 0 Å². The van der Waals surface area contributed by atoms with Gasteiger partial charge in [0, 0.05) is 6.61 Å². The average Bonchev–Trinajstić information content (AvgIpc) is 2.18. The van der Waals surface area contributed by atoms with E-state index in [1.54, 1.807) is 6.92 Å². The summed E-state index contributed by atoms with van der Waals surface area (Å²) in [4.78, 5) is 0. The number of rotatable bonds is 9. The highest BCUT2D eigenvalue weighted by molar-refractivity contribution is 4.81. The zero-order chi connectivity index (χ0) is 11.7. The molecule has 0 aliphatic carbocycles. The Hall–Kier alpha value is -0.120. The molecule has 0 spiro atoms. The smallest absolute Gasteiger partial charge is 0.0878 e. The highest BCUT2D eigenvalue weighted by Gasteiger charge is 2.28. The highest BCUT2D eigenvalue weighted by atomic mass is 16.3. The Morgan fingerprint density at radius 3 is 2.27 bits per heavy atom. The lowest BCUT2D eigenvalue weighted by Gasteiger charge is -2.28. The van der Waals surface area contributed by atoms with Crippen LogP contribution in [0.3, 0.4) is 0 Å². The molecule has 0 aromatic rings. The molecule has 2 atom stereocenters. The van der Waals surface area contributed by atoms with Crippen molar-refractivity contribution in [1.82, 2.24) is 0 Å². The maximum Gasteiger partial charge on any atom is 0.0878 e. The van der Waals surface area contributed by atoms with E-state index in [1.807, 2.05) is 0 Å². The highest BCUT2D eigenvalue weighted by Crippen LogP contribution is 2.21. The number of unbranched alkanes of at least 4 members (excludes halogenated alkanes) is 4. The van der Waals surface area contributed by atoms with Crippen LogP contribution in [0.5, 0.6) is 0 Å². The monoisotopic (exact) mass is 218 g/mol. The first-order valence-electron chi connectivity index (χ1n) is 6.06. The van der Waals surface area contributed by atoms with Crippen LogP contribution < -0.4 is 0 Å². The molecule has 3 nitrogen and oxygen atoms in total. The van der Waals surface area contributed by atoms with Crippen LogP contribution in [-0.4, -0.2) is 33.6 Å². The van der Waals surface area contributed by atoms with Crippen molar-refractivity contribution in [3.63, 3.8) is 0 Å². The third-order valence-electron chi connectivity index (χ3n) is 2.91. The van der Waals surface area contributed by atoms with E-state index in [0.29, 0.717) is 6.42 Å². The van der Waals surface area contributed by atoms with Gasteiger partial charge in [-0.3, -0.25) is 0 Å². The van der Waals surface area contributed by atoms with Crippen LogP contribution in [0.2, 0.25) is 0 Å². The second-order valence-electron chi connectivity index (χ2n) is 4.55. The molecule has 0 aromatic heterocycles. The van der Waals surface area contributed by atoms with Gasteiger partial charge in [-0.25, -0.2) is 0 Å². The fraction of sp³-hybridized carbons (Fsp3) is 1.00. The molecule has 0 bridgehead atoms. The molecule has 0 aliphatic heterocycles. The lowest BCUT2D eigenvalue weighted by molar-refractivity contribution is -0.0761. The van der Waals surface area contributed by atoms with Crippen molar-refractivity contribution in [2.45, 2.75) is 70.5 Å². The van der Waals surface area contributed by atoms with E-state index in [2.05, 4.69) is 6.92 Å². The molecule has 0 heterocycles. The van der Waals surface area contributed by atoms with Crippen molar-refractivity contribution in [2.75, 3.05) is 6.61 Å². The summed E-state index contributed by atoms with van der Waals surface area (Å²) in [5.74, 6) is 0. The van der Waals surface area contributed by atoms with Crippen LogP contribution in [0.1, 0.15) is 58.8 Å². The second kappa shape index (κ2) is 8.08. The van der Waals surface area contributed by atoms with E-state index >= 15 is 0 Å². The van der Waals surface area contributed by atoms with Crippen molar-refractivity contribution in [3.05, 3.63) is 0 Å². The van der Waals surface area contributed by atoms with Crippen LogP contribution in [-0.2, 0) is 0 Å². The number of aliphatic hydroxyl groups excluding tert-OH is 2. The van der Waals surface area contributed by atoms with Crippen molar-refractivity contribution in [2.24, 2.45) is 0 Å². The van der Waals surface area contributed by atoms with Crippen LogP contribution in [0.25, 0.3) is 0 Å². The van der Waals surface area contributed by atoms with Gasteiger partial charge in [0.2, 0.25) is 0 Å². The average molecular weight is 218 g/mol. The van der Waals surface area contributed by atoms with Crippen molar-refractivity contribution in [3.8, 4) is 0 Å². The largest absolute Gasteiger partial charge is 0.396 e. The topological polar surface area (TPSA) is 60.7 Å². The first kappa shape index (κ1) is 14.9. The normalized spacial score (nSPS) is 17.4. The van der Waals surface area contributed by atoms with E-state index in [0.717, 1.165) is 12.8 Å². The SMILES string of the molecule is CCCCCCCC(C)(O)C(O)CCO. The minimum Gasteiger partial charge on any atom is -0.396 e. The second-order valence-corrected chi connectivity index (χ2v) is 4.55. The summed E-state index contributed by atoms with van der Waals surface area (Å²) in [7, 11) is 0. The van der Waals surface area contributed by atoms with E-state index in [9.17, 15) is 10.2 Å². The van der Waals surface area contributed by atoms with Gasteiger partial charge in [0.05, 0.1) is 11.7 Å². The zero-order valence-corrected chi connectivity index (χ0v) is 10.1. The lowest BCUT2D eigenvalue weighted by atomic mass is 9.90. The van der Waals surface area contributed by atoms with Crippen molar-refractivity contribution in [1.29, 1.82) is 0 Å². The first-order chi connectivity index (χ1) is 7.04. The number of aliphatic hydroxyl groups is 3. The van der Waals surface area contributed by atoms with Crippen molar-refractivity contribution < 1.29 is 15.3 Å². The lowest BCUT2D eigenvalue weighted by Crippen LogP contribution is -2.39. The van der Waals surface area contributed by atoms with Gasteiger partial charge in [0.1, 0.15) is 0 Å². The molecular weight excluding hydrogens is 192 g/mol. The Bertz CT molecular complexity index is 146. The Morgan fingerprint density at radius 2 is 1.73 bits per heavy atom. The van der Waals surface area contributed by atoms with Gasteiger partial charge in [-0.15, -0.1) is 0 Å². The van der Waals surface area contributed by atoms with Gasteiger partial charge in [0.25, 0.3) is 0 Å². The summed E-state index contributed by atoms with van der Waals surface area (Å²) in [5.41, 5.74) is -1.05. The van der Waals surface area contributed by atoms with Gasteiger partial charge < -0.3 is 15.3 Å². The first-order valence-corrected chi connectivity index (χ1v) is 6.06. The summed E-state index contributed by atoms with van der Waals surface area (Å²) in [5, 5.41) is 28.1. The van der Waals surface area contributed by atoms with Gasteiger partial charge in [-0.05, 0) is 19.8 Å². The number of hydrogen-bond donors (Lipinski definition) is 3. The molecule has 0 amide bonds. The van der Waals surface area contributed by atoms with Gasteiger partial charge in [-0.2, -0.15) is 0 Å². The molecule has 0 saturated heterocycles. The Morgan fingerprint density at radius 1 is 1.13 bits per heavy atom. The predicted molar refractivity (Wildman–Crippen MR) is 61.7 cm³/mol.